The van der Waals surface area contributed by atoms with Crippen LogP contribution in [0.5, 0.6) is 0 Å². The molecule has 1 saturated heterocycles. The summed E-state index contributed by atoms with van der Waals surface area (Å²) in [6, 6.07) is 8.56. The van der Waals surface area contributed by atoms with Gasteiger partial charge in [-0.05, 0) is 29.8 Å². The fraction of sp³-hybridized carbons (Fsp3) is 0.263. The van der Waals surface area contributed by atoms with Gasteiger partial charge in [0.15, 0.2) is 23.6 Å². The van der Waals surface area contributed by atoms with Crippen LogP contribution < -0.4 is 0 Å². The monoisotopic (exact) mass is 439 g/mol. The molecular weight excluding hydrogens is 423 g/mol. The Hall–Kier alpha value is -2.76. The average molecular weight is 439 g/mol. The maximum absolute atomic E-state index is 13.8. The summed E-state index contributed by atoms with van der Waals surface area (Å²) < 4.78 is 77.8. The lowest BCUT2D eigenvalue weighted by atomic mass is 10.1. The third-order valence-electron chi connectivity index (χ3n) is 4.62. The van der Waals surface area contributed by atoms with Crippen LogP contribution in [0.2, 0.25) is 0 Å². The molecule has 4 rings (SSSR count). The van der Waals surface area contributed by atoms with E-state index in [0.29, 0.717) is 11.6 Å². The van der Waals surface area contributed by atoms with Crippen molar-refractivity contribution in [3.8, 4) is 0 Å². The number of rotatable bonds is 5. The number of sulfonamides is 1. The standard InChI is InChI=1S/C19H16F3N3O4S/c20-14-4-2-1-3-12(14)9-18-23-19(29-24-18)17-11-25(7-8-28-17)30(26,27)13-5-6-15(21)16(22)10-13/h1-6,10,17H,7-9,11H2/t17-/m1/s1. The van der Waals surface area contributed by atoms with Crippen LogP contribution in [-0.4, -0.2) is 42.6 Å². The summed E-state index contributed by atoms with van der Waals surface area (Å²) in [4.78, 5) is 3.82. The van der Waals surface area contributed by atoms with Gasteiger partial charge in [-0.2, -0.15) is 9.29 Å². The molecule has 0 N–H and O–H groups in total. The van der Waals surface area contributed by atoms with Gasteiger partial charge in [0.2, 0.25) is 10.0 Å². The van der Waals surface area contributed by atoms with Gasteiger partial charge in [0, 0.05) is 19.5 Å². The van der Waals surface area contributed by atoms with Crippen molar-refractivity contribution in [2.24, 2.45) is 0 Å². The van der Waals surface area contributed by atoms with Gasteiger partial charge < -0.3 is 9.26 Å². The smallest absolute Gasteiger partial charge is 0.257 e. The lowest BCUT2D eigenvalue weighted by Gasteiger charge is -2.30. The normalized spacial score (nSPS) is 17.9. The fourth-order valence-electron chi connectivity index (χ4n) is 3.06. The summed E-state index contributed by atoms with van der Waals surface area (Å²) in [6.07, 6.45) is -0.750. The lowest BCUT2D eigenvalue weighted by molar-refractivity contribution is -0.0199. The Labute approximate surface area is 170 Å². The summed E-state index contributed by atoms with van der Waals surface area (Å²) in [7, 11) is -4.08. The molecule has 0 amide bonds. The van der Waals surface area contributed by atoms with Gasteiger partial charge in [-0.1, -0.05) is 23.4 Å². The number of hydrogen-bond donors (Lipinski definition) is 0. The van der Waals surface area contributed by atoms with Crippen molar-refractivity contribution >= 4 is 10.0 Å². The zero-order chi connectivity index (χ0) is 21.3. The minimum Gasteiger partial charge on any atom is -0.366 e. The molecule has 0 unspecified atom stereocenters. The second-order valence-electron chi connectivity index (χ2n) is 6.62. The minimum absolute atomic E-state index is 0.0219. The summed E-state index contributed by atoms with van der Waals surface area (Å²) in [5.41, 5.74) is 0.386. The van der Waals surface area contributed by atoms with E-state index >= 15 is 0 Å². The number of morpholine rings is 1. The van der Waals surface area contributed by atoms with Crippen molar-refractivity contribution in [3.63, 3.8) is 0 Å². The molecule has 2 heterocycles. The first-order chi connectivity index (χ1) is 14.3. The topological polar surface area (TPSA) is 85.5 Å². The maximum atomic E-state index is 13.8. The van der Waals surface area contributed by atoms with Gasteiger partial charge in [0.1, 0.15) is 5.82 Å². The molecular formula is C19H16F3N3O4S. The van der Waals surface area contributed by atoms with Crippen molar-refractivity contribution in [2.75, 3.05) is 19.7 Å². The maximum Gasteiger partial charge on any atom is 0.257 e. The Bertz CT molecular complexity index is 1170. The molecule has 1 aromatic heterocycles. The van der Waals surface area contributed by atoms with Crippen LogP contribution in [0.15, 0.2) is 51.9 Å². The Morgan fingerprint density at radius 1 is 1.07 bits per heavy atom. The number of aromatic nitrogens is 2. The van der Waals surface area contributed by atoms with Crippen LogP contribution in [0.3, 0.4) is 0 Å². The molecule has 7 nitrogen and oxygen atoms in total. The summed E-state index contributed by atoms with van der Waals surface area (Å²) in [5.74, 6) is -2.52. The number of benzene rings is 2. The highest BCUT2D eigenvalue weighted by Gasteiger charge is 2.34. The zero-order valence-corrected chi connectivity index (χ0v) is 16.3. The molecule has 158 valence electrons. The van der Waals surface area contributed by atoms with E-state index in [0.717, 1.165) is 16.4 Å². The lowest BCUT2D eigenvalue weighted by Crippen LogP contribution is -2.42. The highest BCUT2D eigenvalue weighted by atomic mass is 32.2. The summed E-state index contributed by atoms with van der Waals surface area (Å²) in [5, 5.41) is 3.80. The molecule has 30 heavy (non-hydrogen) atoms. The third kappa shape index (κ3) is 4.09. The molecule has 1 aliphatic heterocycles. The summed E-state index contributed by atoms with van der Waals surface area (Å²) >= 11 is 0. The molecule has 1 fully saturated rings. The molecule has 0 radical (unpaired) electrons. The zero-order valence-electron chi connectivity index (χ0n) is 15.5. The van der Waals surface area contributed by atoms with Crippen LogP contribution in [0, 0.1) is 17.5 Å². The predicted molar refractivity (Wildman–Crippen MR) is 97.3 cm³/mol. The van der Waals surface area contributed by atoms with Gasteiger partial charge in [-0.15, -0.1) is 0 Å². The van der Waals surface area contributed by atoms with Crippen LogP contribution in [0.4, 0.5) is 13.2 Å². The van der Waals surface area contributed by atoms with Gasteiger partial charge in [-0.3, -0.25) is 0 Å². The molecule has 0 aliphatic carbocycles. The second-order valence-corrected chi connectivity index (χ2v) is 8.55. The van der Waals surface area contributed by atoms with E-state index < -0.39 is 33.6 Å². The number of hydrogen-bond acceptors (Lipinski definition) is 6. The van der Waals surface area contributed by atoms with E-state index in [1.807, 2.05) is 0 Å². The predicted octanol–water partition coefficient (Wildman–Crippen LogP) is 2.84. The Morgan fingerprint density at radius 2 is 1.87 bits per heavy atom. The third-order valence-corrected chi connectivity index (χ3v) is 6.48. The Kier molecular flexibility index (Phi) is 5.58. The second kappa shape index (κ2) is 8.17. The first-order valence-electron chi connectivity index (χ1n) is 8.97. The van der Waals surface area contributed by atoms with Crippen molar-refractivity contribution in [1.29, 1.82) is 0 Å². The fourth-order valence-corrected chi connectivity index (χ4v) is 4.50. The van der Waals surface area contributed by atoms with Crippen molar-refractivity contribution in [1.82, 2.24) is 14.4 Å². The van der Waals surface area contributed by atoms with Crippen LogP contribution >= 0.6 is 0 Å². The van der Waals surface area contributed by atoms with Crippen LogP contribution in [0.1, 0.15) is 23.4 Å². The van der Waals surface area contributed by atoms with Gasteiger partial charge in [-0.25, -0.2) is 21.6 Å². The Balaban J connectivity index is 1.51. The van der Waals surface area contributed by atoms with E-state index in [-0.39, 0.29) is 42.7 Å². The van der Waals surface area contributed by atoms with E-state index in [1.54, 1.807) is 18.2 Å². The molecule has 0 bridgehead atoms. The van der Waals surface area contributed by atoms with Crippen molar-refractivity contribution in [3.05, 3.63) is 77.2 Å². The number of ether oxygens (including phenoxy) is 1. The van der Waals surface area contributed by atoms with Gasteiger partial charge in [0.25, 0.3) is 5.89 Å². The van der Waals surface area contributed by atoms with Crippen molar-refractivity contribution in [2.45, 2.75) is 17.4 Å². The average Bonchev–Trinajstić information content (AvgIpc) is 3.20. The number of halogens is 3. The van der Waals surface area contributed by atoms with Crippen LogP contribution in [-0.2, 0) is 21.2 Å². The molecule has 2 aromatic carbocycles. The van der Waals surface area contributed by atoms with E-state index in [2.05, 4.69) is 10.1 Å². The van der Waals surface area contributed by atoms with E-state index in [1.165, 1.54) is 6.07 Å². The first kappa shape index (κ1) is 20.5. The highest BCUT2D eigenvalue weighted by molar-refractivity contribution is 7.89. The van der Waals surface area contributed by atoms with Crippen molar-refractivity contribution < 1.29 is 30.8 Å². The summed E-state index contributed by atoms with van der Waals surface area (Å²) in [6.45, 7) is -0.0880. The SMILES string of the molecule is O=S(=O)(c1ccc(F)c(F)c1)N1CCO[C@@H](c2nc(Cc3ccccc3F)no2)C1. The van der Waals surface area contributed by atoms with Gasteiger partial charge in [0.05, 0.1) is 11.5 Å². The van der Waals surface area contributed by atoms with E-state index in [9.17, 15) is 21.6 Å². The molecule has 1 atom stereocenters. The highest BCUT2D eigenvalue weighted by Crippen LogP contribution is 2.26. The molecule has 1 aliphatic rings. The molecule has 0 spiro atoms. The molecule has 0 saturated carbocycles. The molecule has 3 aromatic rings. The quantitative estimate of drug-likeness (QED) is 0.608. The molecule has 11 heteroatoms. The first-order valence-corrected chi connectivity index (χ1v) is 10.4. The van der Waals surface area contributed by atoms with Gasteiger partial charge >= 0.3 is 0 Å². The van der Waals surface area contributed by atoms with Crippen LogP contribution in [0.25, 0.3) is 0 Å². The van der Waals surface area contributed by atoms with E-state index in [4.69, 9.17) is 9.26 Å². The largest absolute Gasteiger partial charge is 0.366 e. The Morgan fingerprint density at radius 3 is 2.63 bits per heavy atom. The number of nitrogens with zero attached hydrogens (tertiary/aromatic N) is 3. The minimum atomic E-state index is -4.08.